The highest BCUT2D eigenvalue weighted by Gasteiger charge is 2.61. The van der Waals surface area contributed by atoms with Gasteiger partial charge in [-0.3, -0.25) is 9.80 Å². The Bertz CT molecular complexity index is 428. The van der Waals surface area contributed by atoms with E-state index >= 15 is 0 Å². The molecule has 4 bridgehead atoms. The van der Waals surface area contributed by atoms with E-state index in [1.807, 2.05) is 6.07 Å². The fourth-order valence-electron chi connectivity index (χ4n) is 4.45. The van der Waals surface area contributed by atoms with Crippen LogP contribution in [0.5, 0.6) is 0 Å². The van der Waals surface area contributed by atoms with Gasteiger partial charge in [-0.05, 0) is 12.1 Å². The molecule has 2 N–H and O–H groups in total. The van der Waals surface area contributed by atoms with Gasteiger partial charge in [0.1, 0.15) is 5.76 Å². The molecule has 92 valence electrons. The van der Waals surface area contributed by atoms with Crippen LogP contribution in [0.2, 0.25) is 0 Å². The maximum absolute atomic E-state index is 6.61. The van der Waals surface area contributed by atoms with Crippen LogP contribution in [0, 0.1) is 5.41 Å². The Morgan fingerprint density at radius 1 is 1.29 bits per heavy atom. The van der Waals surface area contributed by atoms with Crippen molar-refractivity contribution in [1.29, 1.82) is 0 Å². The van der Waals surface area contributed by atoms with Crippen LogP contribution in [0.25, 0.3) is 0 Å². The normalized spacial score (nSPS) is 52.0. The maximum atomic E-state index is 6.61. The van der Waals surface area contributed by atoms with Crippen molar-refractivity contribution >= 4 is 0 Å². The zero-order valence-corrected chi connectivity index (χ0v) is 10.2. The molecule has 4 heteroatoms. The second kappa shape index (κ2) is 2.94. The third-order valence-electron chi connectivity index (χ3n) is 4.94. The number of rotatable bonds is 1. The van der Waals surface area contributed by atoms with Gasteiger partial charge in [-0.1, -0.05) is 6.92 Å². The molecule has 4 nitrogen and oxygen atoms in total. The van der Waals surface area contributed by atoms with Crippen LogP contribution in [-0.4, -0.2) is 48.7 Å². The highest BCUT2D eigenvalue weighted by atomic mass is 16.3. The molecule has 1 aromatic rings. The van der Waals surface area contributed by atoms with Crippen LogP contribution < -0.4 is 5.73 Å². The Labute approximate surface area is 101 Å². The van der Waals surface area contributed by atoms with Gasteiger partial charge in [-0.2, -0.15) is 0 Å². The summed E-state index contributed by atoms with van der Waals surface area (Å²) in [6.45, 7) is 7.79. The zero-order valence-electron chi connectivity index (χ0n) is 10.2. The molecular weight excluding hydrogens is 214 g/mol. The minimum Gasteiger partial charge on any atom is -0.469 e. The summed E-state index contributed by atoms with van der Waals surface area (Å²) in [4.78, 5) is 5.05. The Morgan fingerprint density at radius 3 is 2.59 bits per heavy atom. The maximum Gasteiger partial charge on any atom is 0.114 e. The molecule has 5 rings (SSSR count). The first-order valence-electron chi connectivity index (χ1n) is 6.37. The van der Waals surface area contributed by atoms with Crippen LogP contribution in [-0.2, 0) is 5.41 Å². The molecule has 0 saturated carbocycles. The van der Waals surface area contributed by atoms with Gasteiger partial charge >= 0.3 is 0 Å². The SMILES string of the molecule is CC12CN3CN(C1)CC(c1ccco1)(C3)C2N. The lowest BCUT2D eigenvalue weighted by molar-refractivity contribution is -0.146. The number of piperidine rings is 2. The lowest BCUT2D eigenvalue weighted by atomic mass is 9.58. The van der Waals surface area contributed by atoms with Crippen LogP contribution >= 0.6 is 0 Å². The van der Waals surface area contributed by atoms with Crippen molar-refractivity contribution in [3.8, 4) is 0 Å². The van der Waals surface area contributed by atoms with Crippen molar-refractivity contribution in [1.82, 2.24) is 9.80 Å². The molecule has 1 aromatic heterocycles. The van der Waals surface area contributed by atoms with E-state index in [-0.39, 0.29) is 16.9 Å². The van der Waals surface area contributed by atoms with Crippen molar-refractivity contribution in [3.05, 3.63) is 24.2 Å². The fraction of sp³-hybridized carbons (Fsp3) is 0.692. The van der Waals surface area contributed by atoms with Gasteiger partial charge in [-0.15, -0.1) is 0 Å². The summed E-state index contributed by atoms with van der Waals surface area (Å²) >= 11 is 0. The van der Waals surface area contributed by atoms with Gasteiger partial charge < -0.3 is 10.2 Å². The van der Waals surface area contributed by atoms with Crippen molar-refractivity contribution in [2.24, 2.45) is 11.1 Å². The predicted octanol–water partition coefficient (Wildman–Crippen LogP) is 0.453. The summed E-state index contributed by atoms with van der Waals surface area (Å²) in [5.41, 5.74) is 6.83. The summed E-state index contributed by atoms with van der Waals surface area (Å²) in [6.07, 6.45) is 1.77. The summed E-state index contributed by atoms with van der Waals surface area (Å²) in [5.74, 6) is 1.07. The second-order valence-electron chi connectivity index (χ2n) is 6.38. The third-order valence-corrected chi connectivity index (χ3v) is 4.94. The van der Waals surface area contributed by atoms with E-state index in [1.54, 1.807) is 6.26 Å². The fourth-order valence-corrected chi connectivity index (χ4v) is 4.45. The Hall–Kier alpha value is -0.840. The average Bonchev–Trinajstić information content (AvgIpc) is 2.78. The number of nitrogens with two attached hydrogens (primary N) is 1. The largest absolute Gasteiger partial charge is 0.469 e. The third kappa shape index (κ3) is 1.13. The minimum atomic E-state index is 0.00694. The zero-order chi connectivity index (χ0) is 11.7. The molecule has 5 heterocycles. The summed E-state index contributed by atoms with van der Waals surface area (Å²) in [5, 5.41) is 0. The van der Waals surface area contributed by atoms with Crippen LogP contribution in [0.15, 0.2) is 22.8 Å². The average molecular weight is 233 g/mol. The molecule has 3 unspecified atom stereocenters. The first-order valence-corrected chi connectivity index (χ1v) is 6.37. The van der Waals surface area contributed by atoms with Crippen LogP contribution in [0.4, 0.5) is 0 Å². The molecule has 0 radical (unpaired) electrons. The second-order valence-corrected chi connectivity index (χ2v) is 6.38. The van der Waals surface area contributed by atoms with E-state index in [4.69, 9.17) is 10.2 Å². The van der Waals surface area contributed by atoms with E-state index in [0.717, 1.165) is 38.6 Å². The molecule has 3 atom stereocenters. The molecule has 0 spiro atoms. The van der Waals surface area contributed by atoms with Gasteiger partial charge in [0.05, 0.1) is 18.3 Å². The summed E-state index contributed by atoms with van der Waals surface area (Å²) in [6, 6.07) is 4.28. The van der Waals surface area contributed by atoms with E-state index in [0.29, 0.717) is 0 Å². The lowest BCUT2D eigenvalue weighted by Crippen LogP contribution is -2.80. The molecule has 0 aliphatic carbocycles. The highest BCUT2D eigenvalue weighted by molar-refractivity contribution is 5.28. The Morgan fingerprint density at radius 2 is 2.00 bits per heavy atom. The predicted molar refractivity (Wildman–Crippen MR) is 64.5 cm³/mol. The van der Waals surface area contributed by atoms with Gasteiger partial charge in [0.25, 0.3) is 0 Å². The number of hydrogen-bond donors (Lipinski definition) is 1. The molecular formula is C13H19N3O. The molecule has 4 saturated heterocycles. The molecule has 0 amide bonds. The quantitative estimate of drug-likeness (QED) is 0.765. The Balaban J connectivity index is 1.85. The van der Waals surface area contributed by atoms with Crippen LogP contribution in [0.3, 0.4) is 0 Å². The standard InChI is InChI=1S/C13H19N3O/c1-12-5-15-7-13(11(12)14,8-16(6-12)9-15)10-3-2-4-17-10/h2-4,11H,5-9,14H2,1H3. The minimum absolute atomic E-state index is 0.00694. The smallest absolute Gasteiger partial charge is 0.114 e. The van der Waals surface area contributed by atoms with Crippen LogP contribution in [0.1, 0.15) is 12.7 Å². The van der Waals surface area contributed by atoms with Crippen molar-refractivity contribution in [2.75, 3.05) is 32.8 Å². The van der Waals surface area contributed by atoms with E-state index in [1.165, 1.54) is 0 Å². The molecule has 0 aromatic carbocycles. The lowest BCUT2D eigenvalue weighted by Gasteiger charge is -2.66. The topological polar surface area (TPSA) is 45.6 Å². The van der Waals surface area contributed by atoms with Crippen molar-refractivity contribution < 1.29 is 4.42 Å². The number of furan rings is 1. The van der Waals surface area contributed by atoms with Gasteiger partial charge in [0, 0.05) is 37.6 Å². The number of hydrogen-bond acceptors (Lipinski definition) is 4. The van der Waals surface area contributed by atoms with Crippen molar-refractivity contribution in [2.45, 2.75) is 18.4 Å². The Kier molecular flexibility index (Phi) is 1.75. The van der Waals surface area contributed by atoms with Gasteiger partial charge in [0.15, 0.2) is 0 Å². The first kappa shape index (κ1) is 10.1. The molecule has 4 aliphatic heterocycles. The first-order chi connectivity index (χ1) is 8.12. The van der Waals surface area contributed by atoms with E-state index < -0.39 is 0 Å². The summed E-state index contributed by atoms with van der Waals surface area (Å²) < 4.78 is 5.70. The monoisotopic (exact) mass is 233 g/mol. The highest BCUT2D eigenvalue weighted by Crippen LogP contribution is 2.49. The molecule has 4 fully saturated rings. The van der Waals surface area contributed by atoms with E-state index in [2.05, 4.69) is 22.8 Å². The molecule has 17 heavy (non-hydrogen) atoms. The van der Waals surface area contributed by atoms with E-state index in [9.17, 15) is 0 Å². The summed E-state index contributed by atoms with van der Waals surface area (Å²) in [7, 11) is 0. The van der Waals surface area contributed by atoms with Gasteiger partial charge in [-0.25, -0.2) is 0 Å². The molecule has 4 aliphatic rings. The number of nitrogens with zero attached hydrogens (tertiary/aromatic N) is 2. The van der Waals surface area contributed by atoms with Gasteiger partial charge in [0.2, 0.25) is 0 Å². The van der Waals surface area contributed by atoms with Crippen molar-refractivity contribution in [3.63, 3.8) is 0 Å².